The van der Waals surface area contributed by atoms with Crippen molar-refractivity contribution in [2.45, 2.75) is 19.4 Å². The van der Waals surface area contributed by atoms with E-state index in [1.165, 1.54) is 0 Å². The first kappa shape index (κ1) is 10.2. The van der Waals surface area contributed by atoms with Crippen LogP contribution < -0.4 is 10.6 Å². The third-order valence-electron chi connectivity index (χ3n) is 2.76. The molecule has 0 saturated carbocycles. The van der Waals surface area contributed by atoms with E-state index in [0.29, 0.717) is 0 Å². The first-order chi connectivity index (χ1) is 7.27. The highest BCUT2D eigenvalue weighted by Crippen LogP contribution is 2.14. The normalized spacial score (nSPS) is 22.6. The molecule has 1 fully saturated rings. The molecule has 0 spiro atoms. The predicted molar refractivity (Wildman–Crippen MR) is 56.2 cm³/mol. The van der Waals surface area contributed by atoms with Gasteiger partial charge >= 0.3 is 0 Å². The molecule has 2 N–H and O–H groups in total. The fourth-order valence-corrected chi connectivity index (χ4v) is 1.82. The molecule has 0 radical (unpaired) electrons. The van der Waals surface area contributed by atoms with Crippen molar-refractivity contribution in [1.29, 1.82) is 0 Å². The van der Waals surface area contributed by atoms with Crippen LogP contribution in [0.25, 0.3) is 0 Å². The molecule has 4 heteroatoms. The minimum Gasteiger partial charge on any atom is -0.467 e. The molecule has 2 heterocycles. The molecule has 1 aromatic heterocycles. The number of hydrogen-bond acceptors (Lipinski definition) is 3. The molecule has 1 saturated heterocycles. The van der Waals surface area contributed by atoms with E-state index in [4.69, 9.17) is 4.42 Å². The Kier molecular flexibility index (Phi) is 3.06. The summed E-state index contributed by atoms with van der Waals surface area (Å²) < 4.78 is 5.23. The summed E-state index contributed by atoms with van der Waals surface area (Å²) in [7, 11) is 0. The lowest BCUT2D eigenvalue weighted by molar-refractivity contribution is -0.125. The first-order valence-electron chi connectivity index (χ1n) is 5.32. The maximum Gasteiger partial charge on any atom is 0.225 e. The molecule has 2 atom stereocenters. The number of furan rings is 1. The predicted octanol–water partition coefficient (Wildman–Crippen LogP) is 1.07. The summed E-state index contributed by atoms with van der Waals surface area (Å²) in [6.45, 7) is 3.66. The van der Waals surface area contributed by atoms with Crippen LogP contribution in [0.5, 0.6) is 0 Å². The van der Waals surface area contributed by atoms with Crippen LogP contribution in [0, 0.1) is 5.92 Å². The molecular formula is C11H16N2O2. The van der Waals surface area contributed by atoms with Gasteiger partial charge in [-0.3, -0.25) is 4.79 Å². The molecule has 15 heavy (non-hydrogen) atoms. The topological polar surface area (TPSA) is 54.3 Å². The zero-order valence-corrected chi connectivity index (χ0v) is 8.82. The van der Waals surface area contributed by atoms with Gasteiger partial charge < -0.3 is 15.1 Å². The van der Waals surface area contributed by atoms with Gasteiger partial charge in [0.15, 0.2) is 0 Å². The van der Waals surface area contributed by atoms with Crippen LogP contribution in [-0.4, -0.2) is 19.0 Å². The van der Waals surface area contributed by atoms with Gasteiger partial charge in [0.05, 0.1) is 18.2 Å². The maximum absolute atomic E-state index is 11.8. The molecule has 1 aliphatic rings. The molecule has 1 aromatic rings. The summed E-state index contributed by atoms with van der Waals surface area (Å²) in [6.07, 6.45) is 2.55. The minimum absolute atomic E-state index is 0.0481. The van der Waals surface area contributed by atoms with Gasteiger partial charge in [0.25, 0.3) is 0 Å². The second-order valence-electron chi connectivity index (χ2n) is 3.94. The van der Waals surface area contributed by atoms with E-state index >= 15 is 0 Å². The third-order valence-corrected chi connectivity index (χ3v) is 2.76. The van der Waals surface area contributed by atoms with E-state index in [1.54, 1.807) is 6.26 Å². The van der Waals surface area contributed by atoms with Crippen LogP contribution in [0.15, 0.2) is 22.8 Å². The van der Waals surface area contributed by atoms with Gasteiger partial charge in [-0.05, 0) is 32.0 Å². The van der Waals surface area contributed by atoms with E-state index in [-0.39, 0.29) is 17.9 Å². The standard InChI is InChI=1S/C11H16N2O2/c1-8(10-3-2-6-15-10)13-11(14)9-4-5-12-7-9/h2-3,6,8-9,12H,4-5,7H2,1H3,(H,13,14). The number of carbonyl (C=O) groups excluding carboxylic acids is 1. The molecule has 0 aliphatic carbocycles. The van der Waals surface area contributed by atoms with Crippen molar-refractivity contribution in [3.8, 4) is 0 Å². The van der Waals surface area contributed by atoms with E-state index in [1.807, 2.05) is 19.1 Å². The first-order valence-corrected chi connectivity index (χ1v) is 5.32. The SMILES string of the molecule is CC(NC(=O)C1CCNC1)c1ccco1. The summed E-state index contributed by atoms with van der Waals surface area (Å²) in [5, 5.41) is 6.13. The number of amides is 1. The van der Waals surface area contributed by atoms with Crippen LogP contribution in [-0.2, 0) is 4.79 Å². The number of hydrogen-bond donors (Lipinski definition) is 2. The van der Waals surface area contributed by atoms with Gasteiger partial charge in [0.1, 0.15) is 5.76 Å². The van der Waals surface area contributed by atoms with Crippen LogP contribution >= 0.6 is 0 Å². The molecule has 82 valence electrons. The third kappa shape index (κ3) is 2.39. The summed E-state index contributed by atoms with van der Waals surface area (Å²) in [5.41, 5.74) is 0. The highest BCUT2D eigenvalue weighted by Gasteiger charge is 2.24. The van der Waals surface area contributed by atoms with E-state index in [2.05, 4.69) is 10.6 Å². The zero-order valence-electron chi connectivity index (χ0n) is 8.82. The molecule has 1 amide bonds. The van der Waals surface area contributed by atoms with Crippen LogP contribution in [0.1, 0.15) is 25.1 Å². The largest absolute Gasteiger partial charge is 0.467 e. The highest BCUT2D eigenvalue weighted by atomic mass is 16.3. The van der Waals surface area contributed by atoms with Gasteiger partial charge in [-0.1, -0.05) is 0 Å². The van der Waals surface area contributed by atoms with Crippen molar-refractivity contribution in [3.05, 3.63) is 24.2 Å². The van der Waals surface area contributed by atoms with Gasteiger partial charge in [-0.2, -0.15) is 0 Å². The van der Waals surface area contributed by atoms with E-state index < -0.39 is 0 Å². The van der Waals surface area contributed by atoms with Gasteiger partial charge in [-0.25, -0.2) is 0 Å². The van der Waals surface area contributed by atoms with Crippen molar-refractivity contribution in [3.63, 3.8) is 0 Å². The Morgan fingerprint density at radius 3 is 3.20 bits per heavy atom. The lowest BCUT2D eigenvalue weighted by atomic mass is 10.1. The lowest BCUT2D eigenvalue weighted by Crippen LogP contribution is -2.33. The summed E-state index contributed by atoms with van der Waals surface area (Å²) in [6, 6.07) is 3.65. The van der Waals surface area contributed by atoms with Gasteiger partial charge in [0, 0.05) is 6.54 Å². The number of nitrogens with one attached hydrogen (secondary N) is 2. The molecule has 1 aliphatic heterocycles. The Balaban J connectivity index is 1.88. The number of carbonyl (C=O) groups is 1. The smallest absolute Gasteiger partial charge is 0.225 e. The zero-order chi connectivity index (χ0) is 10.7. The monoisotopic (exact) mass is 208 g/mol. The maximum atomic E-state index is 11.8. The van der Waals surface area contributed by atoms with Crippen molar-refractivity contribution in [1.82, 2.24) is 10.6 Å². The van der Waals surface area contributed by atoms with Crippen LogP contribution in [0.3, 0.4) is 0 Å². The summed E-state index contributed by atoms with van der Waals surface area (Å²) >= 11 is 0. The second-order valence-corrected chi connectivity index (χ2v) is 3.94. The van der Waals surface area contributed by atoms with Gasteiger partial charge in [0.2, 0.25) is 5.91 Å². The van der Waals surface area contributed by atoms with Crippen molar-refractivity contribution in [2.75, 3.05) is 13.1 Å². The molecule has 4 nitrogen and oxygen atoms in total. The van der Waals surface area contributed by atoms with Crippen molar-refractivity contribution < 1.29 is 9.21 Å². The second kappa shape index (κ2) is 4.49. The average molecular weight is 208 g/mol. The fourth-order valence-electron chi connectivity index (χ4n) is 1.82. The lowest BCUT2D eigenvalue weighted by Gasteiger charge is -2.14. The summed E-state index contributed by atoms with van der Waals surface area (Å²) in [5.74, 6) is 1.03. The Hall–Kier alpha value is -1.29. The minimum atomic E-state index is -0.0481. The fraction of sp³-hybridized carbons (Fsp3) is 0.545. The van der Waals surface area contributed by atoms with E-state index in [0.717, 1.165) is 25.3 Å². The Labute approximate surface area is 89.0 Å². The van der Waals surface area contributed by atoms with Gasteiger partial charge in [-0.15, -0.1) is 0 Å². The number of rotatable bonds is 3. The van der Waals surface area contributed by atoms with Crippen molar-refractivity contribution >= 4 is 5.91 Å². The molecule has 2 rings (SSSR count). The van der Waals surface area contributed by atoms with Crippen LogP contribution in [0.2, 0.25) is 0 Å². The van der Waals surface area contributed by atoms with E-state index in [9.17, 15) is 4.79 Å². The molecule has 2 unspecified atom stereocenters. The Morgan fingerprint density at radius 2 is 2.60 bits per heavy atom. The Morgan fingerprint density at radius 1 is 1.73 bits per heavy atom. The molecule has 0 bridgehead atoms. The highest BCUT2D eigenvalue weighted by molar-refractivity contribution is 5.79. The average Bonchev–Trinajstić information content (AvgIpc) is 2.91. The quantitative estimate of drug-likeness (QED) is 0.781. The molecule has 0 aromatic carbocycles. The van der Waals surface area contributed by atoms with Crippen molar-refractivity contribution in [2.24, 2.45) is 5.92 Å². The van der Waals surface area contributed by atoms with Crippen LogP contribution in [0.4, 0.5) is 0 Å². The Bertz CT molecular complexity index is 315. The summed E-state index contributed by atoms with van der Waals surface area (Å²) in [4.78, 5) is 11.8. The molecular weight excluding hydrogens is 192 g/mol.